The van der Waals surface area contributed by atoms with Crippen molar-refractivity contribution in [3.63, 3.8) is 0 Å². The van der Waals surface area contributed by atoms with E-state index in [4.69, 9.17) is 4.74 Å². The van der Waals surface area contributed by atoms with Crippen molar-refractivity contribution in [3.05, 3.63) is 58.1 Å². The van der Waals surface area contributed by atoms with E-state index in [1.807, 2.05) is 11.9 Å². The molecular formula is C23H27N5O5. The Morgan fingerprint density at radius 2 is 1.76 bits per heavy atom. The number of rotatable bonds is 4. The van der Waals surface area contributed by atoms with Gasteiger partial charge in [0.15, 0.2) is 6.10 Å². The number of piperazine rings is 1. The predicted molar refractivity (Wildman–Crippen MR) is 124 cm³/mol. The van der Waals surface area contributed by atoms with E-state index in [1.54, 1.807) is 50.5 Å². The van der Waals surface area contributed by atoms with Gasteiger partial charge in [-0.3, -0.25) is 19.7 Å². The van der Waals surface area contributed by atoms with Crippen LogP contribution in [0.5, 0.6) is 5.75 Å². The number of nitro groups is 1. The molecule has 0 spiro atoms. The fraction of sp³-hybridized carbons (Fsp3) is 0.391. The molecule has 1 saturated heterocycles. The minimum absolute atomic E-state index is 0.0148. The van der Waals surface area contributed by atoms with Crippen LogP contribution in [0.3, 0.4) is 0 Å². The molecule has 2 aliphatic heterocycles. The van der Waals surface area contributed by atoms with Gasteiger partial charge in [0, 0.05) is 51.9 Å². The number of para-hydroxylation sites is 2. The van der Waals surface area contributed by atoms with E-state index in [1.165, 1.54) is 15.9 Å². The molecule has 10 nitrogen and oxygen atoms in total. The summed E-state index contributed by atoms with van der Waals surface area (Å²) in [5.74, 6) is -0.269. The molecule has 10 heteroatoms. The quantitative estimate of drug-likeness (QED) is 0.514. The van der Waals surface area contributed by atoms with Crippen molar-refractivity contribution in [2.75, 3.05) is 63.7 Å². The standard InChI is InChI=1S/C23H27N5O5/c1-24(2)23(30)21-15-27(18-6-4-5-7-20(18)33-21)22(29)16-8-9-17(19(14-16)28(31)32)26-12-10-25(3)11-13-26/h4-9,14,21H,10-13,15H2,1-3H3/t21-/m1/s1. The first kappa shape index (κ1) is 22.5. The lowest BCUT2D eigenvalue weighted by Gasteiger charge is -2.35. The summed E-state index contributed by atoms with van der Waals surface area (Å²) in [6, 6.07) is 11.6. The largest absolute Gasteiger partial charge is 0.476 e. The van der Waals surface area contributed by atoms with Crippen molar-refractivity contribution in [3.8, 4) is 5.75 Å². The van der Waals surface area contributed by atoms with Gasteiger partial charge < -0.3 is 24.3 Å². The summed E-state index contributed by atoms with van der Waals surface area (Å²) in [6.07, 6.45) is -0.863. The maximum absolute atomic E-state index is 13.5. The number of amides is 2. The van der Waals surface area contributed by atoms with Crippen LogP contribution in [0.25, 0.3) is 0 Å². The van der Waals surface area contributed by atoms with Crippen LogP contribution in [0, 0.1) is 10.1 Å². The number of nitrogens with zero attached hydrogens (tertiary/aromatic N) is 5. The molecule has 0 aliphatic carbocycles. The van der Waals surface area contributed by atoms with Gasteiger partial charge in [-0.1, -0.05) is 12.1 Å². The third-order valence-corrected chi connectivity index (χ3v) is 6.00. The third kappa shape index (κ3) is 4.47. The first-order valence-electron chi connectivity index (χ1n) is 10.8. The zero-order valence-corrected chi connectivity index (χ0v) is 18.9. The molecule has 0 radical (unpaired) electrons. The molecule has 2 aromatic rings. The molecule has 2 aliphatic rings. The summed E-state index contributed by atoms with van der Waals surface area (Å²) in [4.78, 5) is 44.5. The van der Waals surface area contributed by atoms with Crippen molar-refractivity contribution in [2.24, 2.45) is 0 Å². The number of ether oxygens (including phenoxy) is 1. The molecule has 0 aromatic heterocycles. The zero-order chi connectivity index (χ0) is 23.7. The van der Waals surface area contributed by atoms with Crippen molar-refractivity contribution in [1.29, 1.82) is 0 Å². The number of anilines is 2. The Morgan fingerprint density at radius 1 is 1.06 bits per heavy atom. The summed E-state index contributed by atoms with van der Waals surface area (Å²) in [7, 11) is 5.26. The third-order valence-electron chi connectivity index (χ3n) is 6.00. The van der Waals surface area contributed by atoms with Crippen LogP contribution in [0.4, 0.5) is 17.1 Å². The number of hydrogen-bond donors (Lipinski definition) is 0. The topological polar surface area (TPSA) is 99.5 Å². The molecule has 2 amide bonds. The average molecular weight is 453 g/mol. The molecule has 1 atom stereocenters. The van der Waals surface area contributed by atoms with E-state index in [9.17, 15) is 19.7 Å². The smallest absolute Gasteiger partial charge is 0.293 e. The van der Waals surface area contributed by atoms with Gasteiger partial charge in [0.1, 0.15) is 11.4 Å². The van der Waals surface area contributed by atoms with Gasteiger partial charge in [-0.15, -0.1) is 0 Å². The lowest BCUT2D eigenvalue weighted by Crippen LogP contribution is -2.50. The number of likely N-dealkylation sites (N-methyl/N-ethyl adjacent to an activating group) is 2. The van der Waals surface area contributed by atoms with Crippen LogP contribution in [0.15, 0.2) is 42.5 Å². The first-order valence-corrected chi connectivity index (χ1v) is 10.8. The van der Waals surface area contributed by atoms with E-state index >= 15 is 0 Å². The highest BCUT2D eigenvalue weighted by atomic mass is 16.6. The number of carbonyl (C=O) groups excluding carboxylic acids is 2. The van der Waals surface area contributed by atoms with Crippen LogP contribution < -0.4 is 14.5 Å². The van der Waals surface area contributed by atoms with Gasteiger partial charge in [0.2, 0.25) is 0 Å². The molecule has 0 N–H and O–H groups in total. The summed E-state index contributed by atoms with van der Waals surface area (Å²) in [6.45, 7) is 2.99. The predicted octanol–water partition coefficient (Wildman–Crippen LogP) is 1.84. The monoisotopic (exact) mass is 453 g/mol. The number of fused-ring (bicyclic) bond motifs is 1. The van der Waals surface area contributed by atoms with Crippen molar-refractivity contribution in [1.82, 2.24) is 9.80 Å². The Bertz CT molecular complexity index is 1080. The SMILES string of the molecule is CN1CCN(c2ccc(C(=O)N3C[C@H](C(=O)N(C)C)Oc4ccccc43)cc2[N+](=O)[O-])CC1. The highest BCUT2D eigenvalue weighted by molar-refractivity contribution is 6.08. The molecule has 1 fully saturated rings. The molecule has 0 bridgehead atoms. The fourth-order valence-corrected chi connectivity index (χ4v) is 4.12. The number of benzene rings is 2. The van der Waals surface area contributed by atoms with Crippen LogP contribution in [0.1, 0.15) is 10.4 Å². The molecule has 0 unspecified atom stereocenters. The highest BCUT2D eigenvalue weighted by Gasteiger charge is 2.35. The van der Waals surface area contributed by atoms with Crippen molar-refractivity contribution < 1.29 is 19.2 Å². The zero-order valence-electron chi connectivity index (χ0n) is 18.9. The maximum atomic E-state index is 13.5. The van der Waals surface area contributed by atoms with E-state index in [-0.39, 0.29) is 23.7 Å². The Kier molecular flexibility index (Phi) is 6.19. The second-order valence-electron chi connectivity index (χ2n) is 8.47. The van der Waals surface area contributed by atoms with Crippen LogP contribution in [0.2, 0.25) is 0 Å². The highest BCUT2D eigenvalue weighted by Crippen LogP contribution is 2.36. The lowest BCUT2D eigenvalue weighted by atomic mass is 10.1. The van der Waals surface area contributed by atoms with Gasteiger partial charge in [0.25, 0.3) is 17.5 Å². The minimum Gasteiger partial charge on any atom is -0.476 e. The molecule has 174 valence electrons. The Hall–Kier alpha value is -3.66. The van der Waals surface area contributed by atoms with Crippen LogP contribution in [-0.2, 0) is 4.79 Å². The summed E-state index contributed by atoms with van der Waals surface area (Å²) in [5, 5.41) is 11.9. The van der Waals surface area contributed by atoms with Crippen LogP contribution >= 0.6 is 0 Å². The average Bonchev–Trinajstić information content (AvgIpc) is 2.82. The molecule has 4 rings (SSSR count). The second-order valence-corrected chi connectivity index (χ2v) is 8.47. The van der Waals surface area contributed by atoms with Crippen molar-refractivity contribution in [2.45, 2.75) is 6.10 Å². The molecule has 2 heterocycles. The Balaban J connectivity index is 1.67. The van der Waals surface area contributed by atoms with Gasteiger partial charge in [-0.05, 0) is 31.3 Å². The van der Waals surface area contributed by atoms with Gasteiger partial charge >= 0.3 is 0 Å². The molecular weight excluding hydrogens is 426 g/mol. The van der Waals surface area contributed by atoms with E-state index in [0.717, 1.165) is 13.1 Å². The minimum atomic E-state index is -0.863. The molecule has 0 saturated carbocycles. The maximum Gasteiger partial charge on any atom is 0.293 e. The summed E-state index contributed by atoms with van der Waals surface area (Å²) in [5.41, 5.74) is 1.11. The summed E-state index contributed by atoms with van der Waals surface area (Å²) >= 11 is 0. The lowest BCUT2D eigenvalue weighted by molar-refractivity contribution is -0.384. The van der Waals surface area contributed by atoms with E-state index in [0.29, 0.717) is 30.2 Å². The summed E-state index contributed by atoms with van der Waals surface area (Å²) < 4.78 is 5.84. The number of nitro benzene ring substituents is 1. The van der Waals surface area contributed by atoms with Gasteiger partial charge in [-0.2, -0.15) is 0 Å². The van der Waals surface area contributed by atoms with Crippen molar-refractivity contribution >= 4 is 28.9 Å². The van der Waals surface area contributed by atoms with E-state index in [2.05, 4.69) is 4.90 Å². The Labute approximate surface area is 192 Å². The van der Waals surface area contributed by atoms with E-state index < -0.39 is 16.9 Å². The van der Waals surface area contributed by atoms with Crippen LogP contribution in [-0.4, -0.2) is 86.5 Å². The second kappa shape index (κ2) is 9.07. The van der Waals surface area contributed by atoms with Gasteiger partial charge in [0.05, 0.1) is 17.2 Å². The Morgan fingerprint density at radius 3 is 2.42 bits per heavy atom. The molecule has 2 aromatic carbocycles. The molecule has 33 heavy (non-hydrogen) atoms. The van der Waals surface area contributed by atoms with Gasteiger partial charge in [-0.25, -0.2) is 0 Å². The number of carbonyl (C=O) groups is 2. The normalized spacial score (nSPS) is 18.3. The fourth-order valence-electron chi connectivity index (χ4n) is 4.12. The number of hydrogen-bond acceptors (Lipinski definition) is 7. The first-order chi connectivity index (χ1) is 15.8.